The minimum atomic E-state index is -0.510. The van der Waals surface area contributed by atoms with Gasteiger partial charge in [0, 0.05) is 37.3 Å². The van der Waals surface area contributed by atoms with E-state index < -0.39 is 5.41 Å². The lowest BCUT2D eigenvalue weighted by molar-refractivity contribution is -0.121. The molecule has 1 saturated heterocycles. The van der Waals surface area contributed by atoms with Crippen LogP contribution in [0.1, 0.15) is 49.4 Å². The van der Waals surface area contributed by atoms with E-state index in [9.17, 15) is 4.79 Å². The number of rotatable bonds is 5. The lowest BCUT2D eigenvalue weighted by Gasteiger charge is -2.34. The SMILES string of the molecule is COc1cc2c(cc1CNC1CCCNC1c1ccccc1)C(C)(C)C(=O)N2C. The van der Waals surface area contributed by atoms with Gasteiger partial charge in [0.15, 0.2) is 0 Å². The molecule has 2 aliphatic rings. The number of benzene rings is 2. The number of nitrogens with zero attached hydrogens (tertiary/aromatic N) is 1. The van der Waals surface area contributed by atoms with Gasteiger partial charge in [-0.15, -0.1) is 0 Å². The van der Waals surface area contributed by atoms with Crippen LogP contribution in [0.25, 0.3) is 0 Å². The predicted molar refractivity (Wildman–Crippen MR) is 116 cm³/mol. The molecule has 0 radical (unpaired) electrons. The summed E-state index contributed by atoms with van der Waals surface area (Å²) in [5, 5.41) is 7.43. The van der Waals surface area contributed by atoms with Crippen LogP contribution in [0.4, 0.5) is 5.69 Å². The summed E-state index contributed by atoms with van der Waals surface area (Å²) < 4.78 is 5.68. The number of piperidine rings is 1. The number of amides is 1. The van der Waals surface area contributed by atoms with Gasteiger partial charge in [-0.2, -0.15) is 0 Å². The Labute approximate surface area is 173 Å². The van der Waals surface area contributed by atoms with Crippen molar-refractivity contribution in [2.24, 2.45) is 0 Å². The van der Waals surface area contributed by atoms with E-state index in [0.29, 0.717) is 18.6 Å². The fourth-order valence-electron chi connectivity index (χ4n) is 4.72. The van der Waals surface area contributed by atoms with Crippen LogP contribution >= 0.6 is 0 Å². The third-order valence-corrected chi connectivity index (χ3v) is 6.44. The number of hydrogen-bond donors (Lipinski definition) is 2. The van der Waals surface area contributed by atoms with Gasteiger partial charge in [0.2, 0.25) is 5.91 Å². The van der Waals surface area contributed by atoms with Gasteiger partial charge in [-0.25, -0.2) is 0 Å². The quantitative estimate of drug-likeness (QED) is 0.816. The summed E-state index contributed by atoms with van der Waals surface area (Å²) in [4.78, 5) is 14.4. The largest absolute Gasteiger partial charge is 0.496 e. The van der Waals surface area contributed by atoms with E-state index in [1.807, 2.05) is 27.0 Å². The first kappa shape index (κ1) is 19.9. The van der Waals surface area contributed by atoms with Crippen LogP contribution < -0.4 is 20.3 Å². The molecule has 29 heavy (non-hydrogen) atoms. The standard InChI is InChI=1S/C24H31N3O2/c1-24(2)18-13-17(21(29-4)14-20(18)27(3)23(24)28)15-26-19-11-8-12-25-22(19)16-9-6-5-7-10-16/h5-7,9-10,13-14,19,22,25-26H,8,11-12,15H2,1-4H3. The first-order chi connectivity index (χ1) is 13.9. The highest BCUT2D eigenvalue weighted by atomic mass is 16.5. The Bertz CT molecular complexity index is 894. The van der Waals surface area contributed by atoms with E-state index in [4.69, 9.17) is 4.74 Å². The summed E-state index contributed by atoms with van der Waals surface area (Å²) in [6.07, 6.45) is 2.29. The zero-order valence-corrected chi connectivity index (χ0v) is 17.8. The molecule has 1 fully saturated rings. The van der Waals surface area contributed by atoms with Crippen LogP contribution in [0.3, 0.4) is 0 Å². The molecular weight excluding hydrogens is 362 g/mol. The Morgan fingerprint density at radius 2 is 2.00 bits per heavy atom. The molecule has 0 aromatic heterocycles. The number of carbonyl (C=O) groups is 1. The van der Waals surface area contributed by atoms with Crippen molar-refractivity contribution in [2.75, 3.05) is 25.6 Å². The molecule has 0 bridgehead atoms. The van der Waals surface area contributed by atoms with Gasteiger partial charge in [-0.05, 0) is 50.4 Å². The number of carbonyl (C=O) groups excluding carboxylic acids is 1. The Balaban J connectivity index is 1.58. The van der Waals surface area contributed by atoms with Crippen molar-refractivity contribution in [2.45, 2.75) is 50.7 Å². The maximum atomic E-state index is 12.7. The summed E-state index contributed by atoms with van der Waals surface area (Å²) in [6, 6.07) is 15.4. The molecule has 0 saturated carbocycles. The second-order valence-electron chi connectivity index (χ2n) is 8.64. The second-order valence-corrected chi connectivity index (χ2v) is 8.64. The second kappa shape index (κ2) is 7.81. The summed E-state index contributed by atoms with van der Waals surface area (Å²) >= 11 is 0. The average Bonchev–Trinajstić information content (AvgIpc) is 2.92. The first-order valence-electron chi connectivity index (χ1n) is 10.4. The Hall–Kier alpha value is -2.37. The van der Waals surface area contributed by atoms with Gasteiger partial charge in [-0.3, -0.25) is 4.79 Å². The molecule has 2 aliphatic heterocycles. The fourth-order valence-corrected chi connectivity index (χ4v) is 4.72. The monoisotopic (exact) mass is 393 g/mol. The smallest absolute Gasteiger partial charge is 0.236 e. The van der Waals surface area contributed by atoms with Crippen LogP contribution in [0.2, 0.25) is 0 Å². The van der Waals surface area contributed by atoms with E-state index in [-0.39, 0.29) is 5.91 Å². The van der Waals surface area contributed by atoms with Crippen LogP contribution in [0, 0.1) is 0 Å². The summed E-state index contributed by atoms with van der Waals surface area (Å²) in [5.74, 6) is 0.953. The Morgan fingerprint density at radius 3 is 2.72 bits per heavy atom. The minimum absolute atomic E-state index is 0.125. The molecule has 2 atom stereocenters. The van der Waals surface area contributed by atoms with Gasteiger partial charge in [0.1, 0.15) is 5.75 Å². The zero-order chi connectivity index (χ0) is 20.6. The average molecular weight is 394 g/mol. The molecule has 2 aromatic carbocycles. The van der Waals surface area contributed by atoms with Crippen molar-refractivity contribution in [3.05, 3.63) is 59.2 Å². The highest BCUT2D eigenvalue weighted by Gasteiger charge is 2.43. The molecule has 5 heteroatoms. The Kier molecular flexibility index (Phi) is 5.36. The van der Waals surface area contributed by atoms with E-state index in [1.54, 1.807) is 12.0 Å². The zero-order valence-electron chi connectivity index (χ0n) is 17.8. The number of nitrogens with one attached hydrogen (secondary N) is 2. The number of methoxy groups -OCH3 is 1. The van der Waals surface area contributed by atoms with Crippen LogP contribution in [0.5, 0.6) is 5.75 Å². The Morgan fingerprint density at radius 1 is 1.24 bits per heavy atom. The van der Waals surface area contributed by atoms with Crippen LogP contribution in [-0.4, -0.2) is 32.7 Å². The van der Waals surface area contributed by atoms with Crippen molar-refractivity contribution in [1.82, 2.24) is 10.6 Å². The normalized spacial score (nSPS) is 23.2. The van der Waals surface area contributed by atoms with Gasteiger partial charge in [-0.1, -0.05) is 30.3 Å². The molecule has 2 unspecified atom stereocenters. The molecule has 2 N–H and O–H groups in total. The van der Waals surface area contributed by atoms with Gasteiger partial charge in [0.05, 0.1) is 18.2 Å². The third kappa shape index (κ3) is 3.53. The lowest BCUT2D eigenvalue weighted by Crippen LogP contribution is -2.45. The van der Waals surface area contributed by atoms with Gasteiger partial charge >= 0.3 is 0 Å². The number of likely N-dealkylation sites (N-methyl/N-ethyl adjacent to an activating group) is 1. The molecule has 0 aliphatic carbocycles. The molecule has 2 aromatic rings. The highest BCUT2D eigenvalue weighted by molar-refractivity contribution is 6.07. The molecule has 4 rings (SSSR count). The number of ether oxygens (including phenoxy) is 1. The van der Waals surface area contributed by atoms with Gasteiger partial charge in [0.25, 0.3) is 0 Å². The van der Waals surface area contributed by atoms with Crippen LogP contribution in [0.15, 0.2) is 42.5 Å². The minimum Gasteiger partial charge on any atom is -0.496 e. The van der Waals surface area contributed by atoms with Crippen molar-refractivity contribution in [3.8, 4) is 5.75 Å². The highest BCUT2D eigenvalue weighted by Crippen LogP contribution is 2.44. The first-order valence-corrected chi connectivity index (χ1v) is 10.4. The lowest BCUT2D eigenvalue weighted by atomic mass is 9.85. The molecule has 5 nitrogen and oxygen atoms in total. The molecule has 2 heterocycles. The van der Waals surface area contributed by atoms with Crippen molar-refractivity contribution in [3.63, 3.8) is 0 Å². The maximum Gasteiger partial charge on any atom is 0.236 e. The van der Waals surface area contributed by atoms with Gasteiger partial charge < -0.3 is 20.3 Å². The fraction of sp³-hybridized carbons (Fsp3) is 0.458. The van der Waals surface area contributed by atoms with E-state index >= 15 is 0 Å². The van der Waals surface area contributed by atoms with E-state index in [1.165, 1.54) is 5.56 Å². The van der Waals surface area contributed by atoms with Crippen molar-refractivity contribution in [1.29, 1.82) is 0 Å². The van der Waals surface area contributed by atoms with Crippen molar-refractivity contribution < 1.29 is 9.53 Å². The van der Waals surface area contributed by atoms with E-state index in [0.717, 1.165) is 42.0 Å². The summed E-state index contributed by atoms with van der Waals surface area (Å²) in [7, 11) is 3.54. The topological polar surface area (TPSA) is 53.6 Å². The number of anilines is 1. The molecule has 1 amide bonds. The molecule has 154 valence electrons. The number of hydrogen-bond acceptors (Lipinski definition) is 4. The number of fused-ring (bicyclic) bond motifs is 1. The summed E-state index contributed by atoms with van der Waals surface area (Å²) in [6.45, 7) is 5.75. The predicted octanol–water partition coefficient (Wildman–Crippen LogP) is 3.53. The van der Waals surface area contributed by atoms with Crippen LogP contribution in [-0.2, 0) is 16.8 Å². The van der Waals surface area contributed by atoms with E-state index in [2.05, 4.69) is 47.0 Å². The third-order valence-electron chi connectivity index (χ3n) is 6.44. The van der Waals surface area contributed by atoms with Crippen molar-refractivity contribution >= 4 is 11.6 Å². The molecule has 0 spiro atoms. The summed E-state index contributed by atoms with van der Waals surface area (Å²) in [5.41, 5.74) is 3.93. The molecular formula is C24H31N3O2. The maximum absolute atomic E-state index is 12.7.